The monoisotopic (exact) mass is 311 g/mol. The van der Waals surface area contributed by atoms with Crippen molar-refractivity contribution in [3.63, 3.8) is 0 Å². The van der Waals surface area contributed by atoms with Crippen molar-refractivity contribution in [1.29, 1.82) is 0 Å². The van der Waals surface area contributed by atoms with Gasteiger partial charge in [-0.2, -0.15) is 0 Å². The van der Waals surface area contributed by atoms with Gasteiger partial charge in [-0.05, 0) is 45.4 Å². The molecule has 0 aromatic rings. The summed E-state index contributed by atoms with van der Waals surface area (Å²) in [7, 11) is 0. The number of piperidine rings is 1. The fourth-order valence-electron chi connectivity index (χ4n) is 4.19. The third-order valence-corrected chi connectivity index (χ3v) is 5.31. The summed E-state index contributed by atoms with van der Waals surface area (Å²) in [5.41, 5.74) is -0.459. The van der Waals surface area contributed by atoms with Crippen molar-refractivity contribution < 1.29 is 14.6 Å². The lowest BCUT2D eigenvalue weighted by Gasteiger charge is -2.44. The second kappa shape index (κ2) is 7.20. The Kier molecular flexibility index (Phi) is 5.76. The first kappa shape index (κ1) is 17.6. The van der Waals surface area contributed by atoms with Crippen LogP contribution in [0.25, 0.3) is 0 Å². The molecule has 1 aliphatic carbocycles. The maximum absolute atomic E-state index is 12.3. The van der Waals surface area contributed by atoms with Gasteiger partial charge in [-0.25, -0.2) is 4.79 Å². The number of aliphatic hydroxyl groups is 1. The van der Waals surface area contributed by atoms with Crippen molar-refractivity contribution in [2.24, 2.45) is 17.8 Å². The lowest BCUT2D eigenvalue weighted by molar-refractivity contribution is -0.0375. The quantitative estimate of drug-likeness (QED) is 0.843. The van der Waals surface area contributed by atoms with Crippen molar-refractivity contribution in [3.8, 4) is 0 Å². The minimum atomic E-state index is -0.459. The molecular formula is C18H33NO3. The summed E-state index contributed by atoms with van der Waals surface area (Å²) >= 11 is 0. The molecule has 1 aliphatic heterocycles. The maximum atomic E-state index is 12.3. The van der Waals surface area contributed by atoms with Crippen molar-refractivity contribution in [2.45, 2.75) is 77.9 Å². The fourth-order valence-corrected chi connectivity index (χ4v) is 4.19. The van der Waals surface area contributed by atoms with E-state index in [1.807, 2.05) is 25.7 Å². The summed E-state index contributed by atoms with van der Waals surface area (Å²) in [6, 6.07) is 0. The fraction of sp³-hybridized carbons (Fsp3) is 0.944. The van der Waals surface area contributed by atoms with Crippen LogP contribution in [0.2, 0.25) is 0 Å². The van der Waals surface area contributed by atoms with Crippen molar-refractivity contribution in [2.75, 3.05) is 13.1 Å². The second-order valence-corrected chi connectivity index (χ2v) is 8.06. The van der Waals surface area contributed by atoms with Gasteiger partial charge in [0.05, 0.1) is 6.10 Å². The van der Waals surface area contributed by atoms with Crippen LogP contribution in [0.1, 0.15) is 66.2 Å². The van der Waals surface area contributed by atoms with Gasteiger partial charge >= 0.3 is 6.09 Å². The normalized spacial score (nSPS) is 33.6. The molecule has 2 aliphatic rings. The Morgan fingerprint density at radius 2 is 1.86 bits per heavy atom. The van der Waals surface area contributed by atoms with E-state index < -0.39 is 5.60 Å². The summed E-state index contributed by atoms with van der Waals surface area (Å²) in [4.78, 5) is 14.1. The molecule has 128 valence electrons. The summed E-state index contributed by atoms with van der Waals surface area (Å²) in [6.07, 6.45) is 6.41. The van der Waals surface area contributed by atoms with E-state index in [2.05, 4.69) is 6.92 Å². The Labute approximate surface area is 135 Å². The number of hydrogen-bond acceptors (Lipinski definition) is 3. The van der Waals surface area contributed by atoms with E-state index in [1.165, 1.54) is 32.1 Å². The zero-order valence-corrected chi connectivity index (χ0v) is 14.7. The molecular weight excluding hydrogens is 278 g/mol. The first-order valence-corrected chi connectivity index (χ1v) is 8.97. The van der Waals surface area contributed by atoms with Crippen LogP contribution in [0.4, 0.5) is 4.79 Å². The third-order valence-electron chi connectivity index (χ3n) is 5.31. The van der Waals surface area contributed by atoms with Gasteiger partial charge in [-0.15, -0.1) is 0 Å². The van der Waals surface area contributed by atoms with Gasteiger partial charge in [0.1, 0.15) is 5.60 Å². The molecule has 1 heterocycles. The highest BCUT2D eigenvalue weighted by Gasteiger charge is 2.40. The molecule has 0 radical (unpaired) electrons. The molecule has 1 N–H and O–H groups in total. The van der Waals surface area contributed by atoms with Crippen LogP contribution in [0.5, 0.6) is 0 Å². The molecule has 0 spiro atoms. The maximum Gasteiger partial charge on any atom is 0.410 e. The largest absolute Gasteiger partial charge is 0.444 e. The highest BCUT2D eigenvalue weighted by Crippen LogP contribution is 2.40. The molecule has 4 heteroatoms. The highest BCUT2D eigenvalue weighted by atomic mass is 16.6. The standard InChI is InChI=1S/C18H33NO3/c1-5-13-8-6-7-9-14(13)15-12-19(11-10-16(15)20)17(21)22-18(2,3)4/h13-16,20H,5-12H2,1-4H3. The number of aliphatic hydroxyl groups excluding tert-OH is 1. The Morgan fingerprint density at radius 1 is 1.18 bits per heavy atom. The van der Waals surface area contributed by atoms with Gasteiger partial charge < -0.3 is 14.7 Å². The Bertz CT molecular complexity index is 377. The van der Waals surface area contributed by atoms with E-state index in [1.54, 1.807) is 0 Å². The van der Waals surface area contributed by atoms with E-state index in [-0.39, 0.29) is 18.1 Å². The van der Waals surface area contributed by atoms with Gasteiger partial charge in [0, 0.05) is 19.0 Å². The molecule has 0 aromatic heterocycles. The second-order valence-electron chi connectivity index (χ2n) is 8.06. The number of ether oxygens (including phenoxy) is 1. The highest BCUT2D eigenvalue weighted by molar-refractivity contribution is 5.68. The Hall–Kier alpha value is -0.770. The Balaban J connectivity index is 2.02. The molecule has 22 heavy (non-hydrogen) atoms. The number of amides is 1. The number of nitrogens with zero attached hydrogens (tertiary/aromatic N) is 1. The molecule has 1 amide bonds. The number of carbonyl (C=O) groups is 1. The van der Waals surface area contributed by atoms with Crippen LogP contribution in [0, 0.1) is 17.8 Å². The summed E-state index contributed by atoms with van der Waals surface area (Å²) in [5, 5.41) is 10.5. The first-order chi connectivity index (χ1) is 10.3. The topological polar surface area (TPSA) is 49.8 Å². The van der Waals surface area contributed by atoms with E-state index in [0.717, 1.165) is 0 Å². The average Bonchev–Trinajstić information content (AvgIpc) is 2.46. The zero-order chi connectivity index (χ0) is 16.3. The number of likely N-dealkylation sites (tertiary alicyclic amines) is 1. The van der Waals surface area contributed by atoms with Crippen LogP contribution >= 0.6 is 0 Å². The average molecular weight is 311 g/mol. The van der Waals surface area contributed by atoms with Crippen molar-refractivity contribution >= 4 is 6.09 Å². The SMILES string of the molecule is CCC1CCCCC1C1CN(C(=O)OC(C)(C)C)CCC1O. The van der Waals surface area contributed by atoms with Gasteiger partial charge in [0.15, 0.2) is 0 Å². The zero-order valence-electron chi connectivity index (χ0n) is 14.7. The molecule has 1 saturated heterocycles. The lowest BCUT2D eigenvalue weighted by Crippen LogP contribution is -2.51. The van der Waals surface area contributed by atoms with Crippen LogP contribution in [-0.4, -0.2) is 40.9 Å². The number of hydrogen-bond donors (Lipinski definition) is 1. The molecule has 2 rings (SSSR count). The van der Waals surface area contributed by atoms with Gasteiger partial charge in [-0.1, -0.05) is 32.6 Å². The van der Waals surface area contributed by atoms with Gasteiger partial charge in [0.25, 0.3) is 0 Å². The van der Waals surface area contributed by atoms with E-state index in [9.17, 15) is 9.90 Å². The van der Waals surface area contributed by atoms with E-state index in [0.29, 0.717) is 31.3 Å². The summed E-state index contributed by atoms with van der Waals surface area (Å²) < 4.78 is 5.51. The molecule has 0 bridgehead atoms. The number of rotatable bonds is 2. The smallest absolute Gasteiger partial charge is 0.410 e. The predicted molar refractivity (Wildman–Crippen MR) is 87.7 cm³/mol. The molecule has 4 unspecified atom stereocenters. The van der Waals surface area contributed by atoms with Gasteiger partial charge in [0.2, 0.25) is 0 Å². The lowest BCUT2D eigenvalue weighted by atomic mass is 9.68. The van der Waals surface area contributed by atoms with E-state index in [4.69, 9.17) is 4.74 Å². The molecule has 1 saturated carbocycles. The molecule has 0 aromatic carbocycles. The molecule has 4 nitrogen and oxygen atoms in total. The van der Waals surface area contributed by atoms with Crippen LogP contribution in [0.3, 0.4) is 0 Å². The predicted octanol–water partition coefficient (Wildman–Crippen LogP) is 3.82. The molecule has 2 fully saturated rings. The van der Waals surface area contributed by atoms with Crippen LogP contribution < -0.4 is 0 Å². The van der Waals surface area contributed by atoms with Crippen molar-refractivity contribution in [3.05, 3.63) is 0 Å². The number of carbonyl (C=O) groups excluding carboxylic acids is 1. The molecule has 4 atom stereocenters. The summed E-state index contributed by atoms with van der Waals surface area (Å²) in [5.74, 6) is 1.47. The Morgan fingerprint density at radius 3 is 2.50 bits per heavy atom. The third kappa shape index (κ3) is 4.37. The van der Waals surface area contributed by atoms with Gasteiger partial charge in [-0.3, -0.25) is 0 Å². The summed E-state index contributed by atoms with van der Waals surface area (Å²) in [6.45, 7) is 9.21. The van der Waals surface area contributed by atoms with Crippen LogP contribution in [-0.2, 0) is 4.74 Å². The van der Waals surface area contributed by atoms with E-state index >= 15 is 0 Å². The first-order valence-electron chi connectivity index (χ1n) is 8.97. The minimum Gasteiger partial charge on any atom is -0.444 e. The van der Waals surface area contributed by atoms with Crippen molar-refractivity contribution in [1.82, 2.24) is 4.90 Å². The minimum absolute atomic E-state index is 0.214. The van der Waals surface area contributed by atoms with Crippen LogP contribution in [0.15, 0.2) is 0 Å².